The van der Waals surface area contributed by atoms with Crippen molar-refractivity contribution in [1.29, 1.82) is 0 Å². The van der Waals surface area contributed by atoms with Crippen LogP contribution in [0.25, 0.3) is 0 Å². The van der Waals surface area contributed by atoms with Gasteiger partial charge in [-0.25, -0.2) is 0 Å². The highest BCUT2D eigenvalue weighted by Gasteiger charge is 2.29. The van der Waals surface area contributed by atoms with Crippen LogP contribution >= 0.6 is 0 Å². The highest BCUT2D eigenvalue weighted by Crippen LogP contribution is 2.22. The Morgan fingerprint density at radius 1 is 1.24 bits per heavy atom. The minimum atomic E-state index is 0.775. The lowest BCUT2D eigenvalue weighted by Gasteiger charge is -2.32. The number of furan rings is 1. The van der Waals surface area contributed by atoms with Crippen molar-refractivity contribution in [3.63, 3.8) is 0 Å². The van der Waals surface area contributed by atoms with Crippen LogP contribution in [0, 0.1) is 0 Å². The van der Waals surface area contributed by atoms with Crippen LogP contribution in [0.15, 0.2) is 16.7 Å². The normalized spacial score (nSPS) is 24.7. The summed E-state index contributed by atoms with van der Waals surface area (Å²) in [4.78, 5) is 5.28. The highest BCUT2D eigenvalue weighted by atomic mass is 16.3. The standard InChI is InChI=1S/C17H29N3O/c1-2-18-12-15-7-11-21-17(15)14-19-10-6-16(13-19)20-8-4-3-5-9-20/h7,11,16,18H,2-6,8-10,12-14H2,1H3. The van der Waals surface area contributed by atoms with E-state index in [2.05, 4.69) is 28.1 Å². The minimum Gasteiger partial charge on any atom is -0.468 e. The van der Waals surface area contributed by atoms with Crippen LogP contribution in [-0.2, 0) is 13.1 Å². The molecule has 3 heterocycles. The Bertz CT molecular complexity index is 425. The van der Waals surface area contributed by atoms with E-state index in [0.29, 0.717) is 0 Å². The van der Waals surface area contributed by atoms with Crippen molar-refractivity contribution in [3.8, 4) is 0 Å². The Balaban J connectivity index is 1.51. The zero-order valence-corrected chi connectivity index (χ0v) is 13.3. The van der Waals surface area contributed by atoms with Crippen molar-refractivity contribution in [2.45, 2.75) is 51.7 Å². The quantitative estimate of drug-likeness (QED) is 0.872. The van der Waals surface area contributed by atoms with E-state index in [9.17, 15) is 0 Å². The average molecular weight is 291 g/mol. The second-order valence-corrected chi connectivity index (χ2v) is 6.42. The molecule has 118 valence electrons. The van der Waals surface area contributed by atoms with Crippen molar-refractivity contribution in [1.82, 2.24) is 15.1 Å². The predicted molar refractivity (Wildman–Crippen MR) is 85.2 cm³/mol. The van der Waals surface area contributed by atoms with E-state index >= 15 is 0 Å². The van der Waals surface area contributed by atoms with Gasteiger partial charge in [-0.1, -0.05) is 13.3 Å². The molecule has 1 aromatic rings. The maximum absolute atomic E-state index is 5.71. The Morgan fingerprint density at radius 2 is 2.10 bits per heavy atom. The molecule has 4 nitrogen and oxygen atoms in total. The van der Waals surface area contributed by atoms with Gasteiger partial charge in [-0.3, -0.25) is 9.80 Å². The summed E-state index contributed by atoms with van der Waals surface area (Å²) in [5.41, 5.74) is 1.32. The minimum absolute atomic E-state index is 0.775. The molecule has 2 fully saturated rings. The Kier molecular flexibility index (Phi) is 5.33. The summed E-state index contributed by atoms with van der Waals surface area (Å²) in [5, 5.41) is 3.39. The lowest BCUT2D eigenvalue weighted by Crippen LogP contribution is -2.40. The van der Waals surface area contributed by atoms with E-state index < -0.39 is 0 Å². The number of rotatable bonds is 6. The van der Waals surface area contributed by atoms with Crippen LogP contribution in [0.4, 0.5) is 0 Å². The molecule has 2 saturated heterocycles. The molecule has 3 rings (SSSR count). The van der Waals surface area contributed by atoms with E-state index in [-0.39, 0.29) is 0 Å². The Hall–Kier alpha value is -0.840. The maximum atomic E-state index is 5.71. The largest absolute Gasteiger partial charge is 0.468 e. The number of hydrogen-bond donors (Lipinski definition) is 1. The molecule has 0 saturated carbocycles. The lowest BCUT2D eigenvalue weighted by atomic mass is 10.1. The molecule has 1 aromatic heterocycles. The molecule has 4 heteroatoms. The van der Waals surface area contributed by atoms with E-state index in [1.165, 1.54) is 57.4 Å². The van der Waals surface area contributed by atoms with Gasteiger partial charge in [0.25, 0.3) is 0 Å². The molecule has 1 unspecified atom stereocenters. The zero-order valence-electron chi connectivity index (χ0n) is 13.3. The van der Waals surface area contributed by atoms with Gasteiger partial charge in [-0.2, -0.15) is 0 Å². The third-order valence-electron chi connectivity index (χ3n) is 4.92. The first kappa shape index (κ1) is 15.1. The third-order valence-corrected chi connectivity index (χ3v) is 4.92. The van der Waals surface area contributed by atoms with Crippen LogP contribution in [0.1, 0.15) is 43.9 Å². The molecule has 1 atom stereocenters. The van der Waals surface area contributed by atoms with Crippen molar-refractivity contribution in [2.75, 3.05) is 32.7 Å². The lowest BCUT2D eigenvalue weighted by molar-refractivity contribution is 0.159. The number of nitrogens with zero attached hydrogens (tertiary/aromatic N) is 2. The monoisotopic (exact) mass is 291 g/mol. The van der Waals surface area contributed by atoms with Gasteiger partial charge >= 0.3 is 0 Å². The smallest absolute Gasteiger partial charge is 0.122 e. The van der Waals surface area contributed by atoms with Crippen LogP contribution in [0.5, 0.6) is 0 Å². The summed E-state index contributed by atoms with van der Waals surface area (Å²) in [5.74, 6) is 1.15. The molecule has 0 radical (unpaired) electrons. The summed E-state index contributed by atoms with van der Waals surface area (Å²) < 4.78 is 5.71. The number of nitrogens with one attached hydrogen (secondary N) is 1. The fourth-order valence-corrected chi connectivity index (χ4v) is 3.66. The van der Waals surface area contributed by atoms with Gasteiger partial charge in [0.2, 0.25) is 0 Å². The number of piperidine rings is 1. The average Bonchev–Trinajstić information content (AvgIpc) is 3.16. The van der Waals surface area contributed by atoms with Crippen molar-refractivity contribution < 1.29 is 4.42 Å². The first-order valence-corrected chi connectivity index (χ1v) is 8.59. The van der Waals surface area contributed by atoms with E-state index in [0.717, 1.165) is 31.4 Å². The first-order chi connectivity index (χ1) is 10.4. The molecule has 0 aromatic carbocycles. The van der Waals surface area contributed by atoms with Gasteiger partial charge in [-0.15, -0.1) is 0 Å². The molecule has 1 N–H and O–H groups in total. The maximum Gasteiger partial charge on any atom is 0.122 e. The second-order valence-electron chi connectivity index (χ2n) is 6.42. The first-order valence-electron chi connectivity index (χ1n) is 8.59. The summed E-state index contributed by atoms with van der Waals surface area (Å²) in [6.07, 6.45) is 7.36. The van der Waals surface area contributed by atoms with Crippen molar-refractivity contribution >= 4 is 0 Å². The molecule has 2 aliphatic rings. The summed E-state index contributed by atoms with van der Waals surface area (Å²) in [7, 11) is 0. The SMILES string of the molecule is CCNCc1ccoc1CN1CCC(N2CCCCC2)C1. The van der Waals surface area contributed by atoms with Gasteiger partial charge in [-0.05, 0) is 45.0 Å². The second kappa shape index (κ2) is 7.43. The molecule has 0 spiro atoms. The predicted octanol–water partition coefficient (Wildman–Crippen LogP) is 2.45. The van der Waals surface area contributed by atoms with E-state index in [1.54, 1.807) is 0 Å². The van der Waals surface area contributed by atoms with E-state index in [1.807, 2.05) is 6.26 Å². The molecule has 21 heavy (non-hydrogen) atoms. The van der Waals surface area contributed by atoms with E-state index in [4.69, 9.17) is 4.42 Å². The van der Waals surface area contributed by atoms with Crippen LogP contribution in [-0.4, -0.2) is 48.6 Å². The molecule has 0 amide bonds. The topological polar surface area (TPSA) is 31.7 Å². The van der Waals surface area contributed by atoms with Crippen molar-refractivity contribution in [3.05, 3.63) is 23.7 Å². The van der Waals surface area contributed by atoms with Gasteiger partial charge in [0.1, 0.15) is 5.76 Å². The van der Waals surface area contributed by atoms with Gasteiger partial charge in [0.05, 0.1) is 12.8 Å². The van der Waals surface area contributed by atoms with Gasteiger partial charge in [0.15, 0.2) is 0 Å². The molecular formula is C17H29N3O. The van der Waals surface area contributed by atoms with Crippen LogP contribution < -0.4 is 5.32 Å². The highest BCUT2D eigenvalue weighted by molar-refractivity contribution is 5.17. The Morgan fingerprint density at radius 3 is 2.90 bits per heavy atom. The molecule has 0 aliphatic carbocycles. The van der Waals surface area contributed by atoms with Gasteiger partial charge < -0.3 is 9.73 Å². The summed E-state index contributed by atoms with van der Waals surface area (Å²) in [6, 6.07) is 2.88. The zero-order chi connectivity index (χ0) is 14.5. The summed E-state index contributed by atoms with van der Waals surface area (Å²) >= 11 is 0. The third kappa shape index (κ3) is 3.87. The molecule has 2 aliphatic heterocycles. The number of hydrogen-bond acceptors (Lipinski definition) is 4. The van der Waals surface area contributed by atoms with Crippen molar-refractivity contribution in [2.24, 2.45) is 0 Å². The molecule has 0 bridgehead atoms. The van der Waals surface area contributed by atoms with Crippen LogP contribution in [0.3, 0.4) is 0 Å². The molecular weight excluding hydrogens is 262 g/mol. The summed E-state index contributed by atoms with van der Waals surface area (Å²) in [6.45, 7) is 10.1. The van der Waals surface area contributed by atoms with Crippen LogP contribution in [0.2, 0.25) is 0 Å². The fraction of sp³-hybridized carbons (Fsp3) is 0.765. The van der Waals surface area contributed by atoms with Gasteiger partial charge in [0, 0.05) is 31.2 Å². The Labute approximate surface area is 128 Å². The number of likely N-dealkylation sites (tertiary alicyclic amines) is 2. The fourth-order valence-electron chi connectivity index (χ4n) is 3.66.